The maximum absolute atomic E-state index is 10.6. The van der Waals surface area contributed by atoms with Crippen molar-refractivity contribution in [2.75, 3.05) is 11.2 Å². The van der Waals surface area contributed by atoms with Crippen molar-refractivity contribution in [3.63, 3.8) is 0 Å². The topological polar surface area (TPSA) is 91.1 Å². The van der Waals surface area contributed by atoms with Gasteiger partial charge < -0.3 is 5.32 Å². The van der Waals surface area contributed by atoms with E-state index < -0.39 is 16.0 Å². The van der Waals surface area contributed by atoms with Crippen molar-refractivity contribution in [3.05, 3.63) is 54.6 Å². The second kappa shape index (κ2) is 8.26. The van der Waals surface area contributed by atoms with E-state index in [0.717, 1.165) is 5.69 Å². The van der Waals surface area contributed by atoms with Crippen LogP contribution in [0.3, 0.4) is 0 Å². The molecule has 104 valence electrons. The molecule has 6 nitrogen and oxygen atoms in total. The summed E-state index contributed by atoms with van der Waals surface area (Å²) in [6.45, 7) is 0. The fourth-order valence-electron chi connectivity index (χ4n) is 1.43. The Balaban J connectivity index is 0.00000220. The number of anilines is 1. The van der Waals surface area contributed by atoms with Crippen molar-refractivity contribution in [2.24, 2.45) is 10.2 Å². The van der Waals surface area contributed by atoms with Gasteiger partial charge in [0.2, 0.25) is 0 Å². The van der Waals surface area contributed by atoms with Gasteiger partial charge in [-0.3, -0.25) is 4.55 Å². The molecule has 0 saturated carbocycles. The zero-order chi connectivity index (χ0) is 14.4. The van der Waals surface area contributed by atoms with Gasteiger partial charge in [-0.25, -0.2) is 0 Å². The van der Waals surface area contributed by atoms with Crippen LogP contribution in [0.2, 0.25) is 0 Å². The minimum Gasteiger partial charge on any atom is -0.370 e. The average molecular weight is 314 g/mol. The first kappa shape index (κ1) is 17.8. The van der Waals surface area contributed by atoms with Crippen molar-refractivity contribution in [1.29, 1.82) is 0 Å². The normalized spacial score (nSPS) is 11.1. The minimum atomic E-state index is -4.03. The van der Waals surface area contributed by atoms with Gasteiger partial charge in [-0.05, 0) is 36.4 Å². The number of hydrogen-bond donors (Lipinski definition) is 2. The van der Waals surface area contributed by atoms with E-state index in [-0.39, 0.29) is 29.6 Å². The van der Waals surface area contributed by atoms with Crippen LogP contribution in [0, 0.1) is 0 Å². The standard InChI is InChI=1S/C13H13N3O3S.Na/c17-20(18,19)10-14-11-6-8-13(9-7-11)16-15-12-4-2-1-3-5-12;/h1-9,14H,10H2,(H,17,18,19);/q;+1. The smallest absolute Gasteiger partial charge is 0.370 e. The van der Waals surface area contributed by atoms with E-state index in [1.54, 1.807) is 24.3 Å². The summed E-state index contributed by atoms with van der Waals surface area (Å²) in [6.07, 6.45) is 0. The Morgan fingerprint density at radius 3 is 1.95 bits per heavy atom. The van der Waals surface area contributed by atoms with Crippen LogP contribution in [-0.4, -0.2) is 18.8 Å². The summed E-state index contributed by atoms with van der Waals surface area (Å²) in [5.74, 6) is -0.530. The van der Waals surface area contributed by atoms with Crippen molar-refractivity contribution in [1.82, 2.24) is 0 Å². The van der Waals surface area contributed by atoms with E-state index >= 15 is 0 Å². The first-order valence-corrected chi connectivity index (χ1v) is 7.40. The second-order valence-electron chi connectivity index (χ2n) is 3.99. The van der Waals surface area contributed by atoms with Crippen molar-refractivity contribution in [2.45, 2.75) is 0 Å². The summed E-state index contributed by atoms with van der Waals surface area (Å²) in [4.78, 5) is 0. The molecule has 0 aromatic heterocycles. The summed E-state index contributed by atoms with van der Waals surface area (Å²) in [7, 11) is -4.03. The number of azo groups is 1. The van der Waals surface area contributed by atoms with Gasteiger partial charge in [-0.15, -0.1) is 0 Å². The van der Waals surface area contributed by atoms with Crippen LogP contribution in [0.5, 0.6) is 0 Å². The molecule has 2 aromatic rings. The number of rotatable bonds is 5. The molecular weight excluding hydrogens is 301 g/mol. The Hall–Kier alpha value is -1.25. The molecular formula is C13H13N3NaO3S+. The largest absolute Gasteiger partial charge is 1.00 e. The Morgan fingerprint density at radius 2 is 1.43 bits per heavy atom. The van der Waals surface area contributed by atoms with Gasteiger partial charge in [0.25, 0.3) is 10.1 Å². The molecule has 0 unspecified atom stereocenters. The van der Waals surface area contributed by atoms with E-state index in [4.69, 9.17) is 4.55 Å². The van der Waals surface area contributed by atoms with E-state index in [9.17, 15) is 8.42 Å². The first-order chi connectivity index (χ1) is 9.53. The van der Waals surface area contributed by atoms with E-state index in [1.165, 1.54) is 0 Å². The Kier molecular flexibility index (Phi) is 7.00. The predicted molar refractivity (Wildman–Crippen MR) is 77.1 cm³/mol. The van der Waals surface area contributed by atoms with Crippen LogP contribution in [0.25, 0.3) is 0 Å². The van der Waals surface area contributed by atoms with Crippen molar-refractivity contribution < 1.29 is 42.5 Å². The second-order valence-corrected chi connectivity index (χ2v) is 5.44. The van der Waals surface area contributed by atoms with Crippen LogP contribution in [0.4, 0.5) is 17.1 Å². The molecule has 0 bridgehead atoms. The van der Waals surface area contributed by atoms with Gasteiger partial charge in [-0.1, -0.05) is 18.2 Å². The fourth-order valence-corrected chi connectivity index (χ4v) is 1.78. The average Bonchev–Trinajstić information content (AvgIpc) is 2.44. The van der Waals surface area contributed by atoms with Crippen molar-refractivity contribution in [3.8, 4) is 0 Å². The third-order valence-corrected chi connectivity index (χ3v) is 2.87. The zero-order valence-electron chi connectivity index (χ0n) is 11.5. The molecule has 2 rings (SSSR count). The molecule has 0 amide bonds. The first-order valence-electron chi connectivity index (χ1n) is 5.79. The molecule has 0 aliphatic carbocycles. The predicted octanol–water partition coefficient (Wildman–Crippen LogP) is 0.363. The molecule has 21 heavy (non-hydrogen) atoms. The third kappa shape index (κ3) is 6.83. The molecule has 2 N–H and O–H groups in total. The SMILES string of the molecule is O=S(=O)(O)CNc1ccc(N=Nc2ccccc2)cc1.[Na+]. The number of hydrogen-bond acceptors (Lipinski definition) is 5. The monoisotopic (exact) mass is 314 g/mol. The Bertz CT molecular complexity index is 688. The van der Waals surface area contributed by atoms with Gasteiger partial charge in [0.1, 0.15) is 5.88 Å². The van der Waals surface area contributed by atoms with Crippen LogP contribution < -0.4 is 34.9 Å². The van der Waals surface area contributed by atoms with Gasteiger partial charge in [0.15, 0.2) is 0 Å². The molecule has 0 fully saturated rings. The summed E-state index contributed by atoms with van der Waals surface area (Å²) in [5, 5.41) is 10.7. The maximum Gasteiger partial charge on any atom is 1.00 e. The Labute approximate surface area is 145 Å². The molecule has 2 aromatic carbocycles. The Morgan fingerprint density at radius 1 is 0.905 bits per heavy atom. The van der Waals surface area contributed by atoms with Gasteiger partial charge >= 0.3 is 29.6 Å². The molecule has 0 atom stereocenters. The van der Waals surface area contributed by atoms with E-state index in [0.29, 0.717) is 11.4 Å². The molecule has 0 aliphatic heterocycles. The van der Waals surface area contributed by atoms with Gasteiger partial charge in [0.05, 0.1) is 11.4 Å². The molecule has 0 aliphatic rings. The van der Waals surface area contributed by atoms with Crippen molar-refractivity contribution >= 4 is 27.2 Å². The maximum atomic E-state index is 10.6. The van der Waals surface area contributed by atoms with Crippen LogP contribution in [-0.2, 0) is 10.1 Å². The minimum absolute atomic E-state index is 0. The number of benzene rings is 2. The van der Waals surface area contributed by atoms with Crippen LogP contribution in [0.15, 0.2) is 64.8 Å². The fraction of sp³-hybridized carbons (Fsp3) is 0.0769. The summed E-state index contributed by atoms with van der Waals surface area (Å²) in [6, 6.07) is 16.0. The molecule has 0 saturated heterocycles. The van der Waals surface area contributed by atoms with Crippen LogP contribution >= 0.6 is 0 Å². The summed E-state index contributed by atoms with van der Waals surface area (Å²) in [5.41, 5.74) is 1.97. The van der Waals surface area contributed by atoms with E-state index in [2.05, 4.69) is 15.5 Å². The van der Waals surface area contributed by atoms with Gasteiger partial charge in [0, 0.05) is 5.69 Å². The van der Waals surface area contributed by atoms with Crippen LogP contribution in [0.1, 0.15) is 0 Å². The van der Waals surface area contributed by atoms with E-state index in [1.807, 2.05) is 30.3 Å². The molecule has 0 radical (unpaired) electrons. The summed E-state index contributed by atoms with van der Waals surface area (Å²) < 4.78 is 29.8. The molecule has 0 heterocycles. The third-order valence-electron chi connectivity index (χ3n) is 2.36. The van der Waals surface area contributed by atoms with Gasteiger partial charge in [-0.2, -0.15) is 18.6 Å². The number of nitrogens with one attached hydrogen (secondary N) is 1. The number of nitrogens with zero attached hydrogens (tertiary/aromatic N) is 2. The molecule has 8 heteroatoms. The summed E-state index contributed by atoms with van der Waals surface area (Å²) >= 11 is 0. The molecule has 0 spiro atoms. The quantitative estimate of drug-likeness (QED) is 0.474. The zero-order valence-corrected chi connectivity index (χ0v) is 14.3.